The van der Waals surface area contributed by atoms with Gasteiger partial charge in [0.25, 0.3) is 0 Å². The third kappa shape index (κ3) is 3.35. The number of thiophene rings is 1. The molecule has 0 atom stereocenters. The van der Waals surface area contributed by atoms with E-state index in [0.29, 0.717) is 10.6 Å². The molecule has 0 aliphatic heterocycles. The van der Waals surface area contributed by atoms with Crippen LogP contribution in [0, 0.1) is 11.3 Å². The summed E-state index contributed by atoms with van der Waals surface area (Å²) < 4.78 is 24.4. The largest absolute Gasteiger partial charge is 0.317 e. The molecule has 1 aromatic heterocycles. The fraction of sp³-hybridized carbons (Fsp3) is 0.294. The van der Waals surface area contributed by atoms with Crippen molar-refractivity contribution in [3.63, 3.8) is 0 Å². The lowest BCUT2D eigenvalue weighted by atomic mass is 10.1. The molecule has 124 valence electrons. The Bertz CT molecular complexity index is 909. The average molecular weight is 360 g/mol. The SMILES string of the molecule is N#Cc1c(NC(=O)CCS(=O)(=O)c2ccccc2)sc2c1CCC2. The van der Waals surface area contributed by atoms with E-state index in [9.17, 15) is 18.5 Å². The van der Waals surface area contributed by atoms with Crippen LogP contribution in [-0.4, -0.2) is 20.1 Å². The van der Waals surface area contributed by atoms with Crippen molar-refractivity contribution in [2.45, 2.75) is 30.6 Å². The van der Waals surface area contributed by atoms with Gasteiger partial charge in [0.15, 0.2) is 9.84 Å². The highest BCUT2D eigenvalue weighted by molar-refractivity contribution is 7.91. The first-order valence-electron chi connectivity index (χ1n) is 7.63. The molecule has 1 amide bonds. The Balaban J connectivity index is 1.66. The quantitative estimate of drug-likeness (QED) is 0.888. The molecule has 0 fully saturated rings. The molecule has 3 rings (SSSR count). The molecule has 1 aliphatic rings. The maximum atomic E-state index is 12.2. The molecule has 0 radical (unpaired) electrons. The van der Waals surface area contributed by atoms with Gasteiger partial charge in [-0.15, -0.1) is 11.3 Å². The normalized spacial score (nSPS) is 13.3. The molecular formula is C17H16N2O3S2. The van der Waals surface area contributed by atoms with Crippen LogP contribution in [-0.2, 0) is 27.5 Å². The molecule has 0 saturated heterocycles. The summed E-state index contributed by atoms with van der Waals surface area (Å²) in [6.07, 6.45) is 2.71. The molecule has 7 heteroatoms. The minimum Gasteiger partial charge on any atom is -0.317 e. The van der Waals surface area contributed by atoms with Gasteiger partial charge in [-0.05, 0) is 37.0 Å². The van der Waals surface area contributed by atoms with Crippen LogP contribution < -0.4 is 5.32 Å². The van der Waals surface area contributed by atoms with Crippen molar-refractivity contribution in [3.8, 4) is 6.07 Å². The van der Waals surface area contributed by atoms with Crippen molar-refractivity contribution in [2.24, 2.45) is 0 Å². The molecule has 0 saturated carbocycles. The molecule has 1 aliphatic carbocycles. The van der Waals surface area contributed by atoms with Gasteiger partial charge in [-0.1, -0.05) is 18.2 Å². The summed E-state index contributed by atoms with van der Waals surface area (Å²) in [5.74, 6) is -0.638. The van der Waals surface area contributed by atoms with Crippen LogP contribution in [0.2, 0.25) is 0 Å². The summed E-state index contributed by atoms with van der Waals surface area (Å²) in [7, 11) is -3.48. The summed E-state index contributed by atoms with van der Waals surface area (Å²) in [5, 5.41) is 12.6. The summed E-state index contributed by atoms with van der Waals surface area (Å²) in [5.41, 5.74) is 1.57. The maximum Gasteiger partial charge on any atom is 0.226 e. The molecule has 0 spiro atoms. The minimum atomic E-state index is -3.48. The number of carbonyl (C=O) groups is 1. The maximum absolute atomic E-state index is 12.2. The van der Waals surface area contributed by atoms with Gasteiger partial charge in [0.05, 0.1) is 16.2 Å². The van der Waals surface area contributed by atoms with Crippen molar-refractivity contribution in [1.29, 1.82) is 5.26 Å². The number of sulfone groups is 1. The number of fused-ring (bicyclic) bond motifs is 1. The van der Waals surface area contributed by atoms with Crippen LogP contribution >= 0.6 is 11.3 Å². The van der Waals surface area contributed by atoms with Gasteiger partial charge in [0, 0.05) is 11.3 Å². The van der Waals surface area contributed by atoms with Crippen molar-refractivity contribution in [3.05, 3.63) is 46.3 Å². The van der Waals surface area contributed by atoms with E-state index < -0.39 is 9.84 Å². The Kier molecular flexibility index (Phi) is 4.69. The standard InChI is InChI=1S/C17H16N2O3S2/c18-11-14-13-7-4-8-15(13)23-17(14)19-16(20)9-10-24(21,22)12-5-2-1-3-6-12/h1-3,5-6H,4,7-10H2,(H,19,20). The number of amides is 1. The number of anilines is 1. The second-order valence-electron chi connectivity index (χ2n) is 5.60. The molecular weight excluding hydrogens is 344 g/mol. The highest BCUT2D eigenvalue weighted by Crippen LogP contribution is 2.38. The molecule has 1 N–H and O–H groups in total. The van der Waals surface area contributed by atoms with Crippen LogP contribution in [0.25, 0.3) is 0 Å². The van der Waals surface area contributed by atoms with Gasteiger partial charge < -0.3 is 5.32 Å². The van der Waals surface area contributed by atoms with E-state index in [1.54, 1.807) is 18.2 Å². The average Bonchev–Trinajstić information content (AvgIpc) is 3.14. The fourth-order valence-corrected chi connectivity index (χ4v) is 5.29. The summed E-state index contributed by atoms with van der Waals surface area (Å²) in [4.78, 5) is 13.5. The molecule has 0 unspecified atom stereocenters. The van der Waals surface area contributed by atoms with E-state index in [1.807, 2.05) is 0 Å². The van der Waals surface area contributed by atoms with Gasteiger partial charge in [-0.3, -0.25) is 4.79 Å². The highest BCUT2D eigenvalue weighted by atomic mass is 32.2. The van der Waals surface area contributed by atoms with Crippen molar-refractivity contribution >= 4 is 32.1 Å². The van der Waals surface area contributed by atoms with E-state index in [-0.39, 0.29) is 23.0 Å². The van der Waals surface area contributed by atoms with Crippen molar-refractivity contribution < 1.29 is 13.2 Å². The minimum absolute atomic E-state index is 0.134. The number of rotatable bonds is 5. The van der Waals surface area contributed by atoms with Crippen LogP contribution in [0.4, 0.5) is 5.00 Å². The Morgan fingerprint density at radius 1 is 1.25 bits per heavy atom. The Morgan fingerprint density at radius 3 is 2.71 bits per heavy atom. The van der Waals surface area contributed by atoms with Gasteiger partial charge in [-0.25, -0.2) is 8.42 Å². The second kappa shape index (κ2) is 6.75. The Hall–Kier alpha value is -2.17. The first kappa shape index (κ1) is 16.7. The smallest absolute Gasteiger partial charge is 0.226 e. The predicted octanol–water partition coefficient (Wildman–Crippen LogP) is 2.91. The molecule has 0 bridgehead atoms. The van der Waals surface area contributed by atoms with E-state index in [0.717, 1.165) is 29.7 Å². The lowest BCUT2D eigenvalue weighted by molar-refractivity contribution is -0.115. The van der Waals surface area contributed by atoms with E-state index in [1.165, 1.54) is 23.5 Å². The number of carbonyl (C=O) groups excluding carboxylic acids is 1. The number of hydrogen-bond donors (Lipinski definition) is 1. The Labute approximate surface area is 144 Å². The van der Waals surface area contributed by atoms with Crippen LogP contribution in [0.15, 0.2) is 35.2 Å². The number of aryl methyl sites for hydroxylation is 1. The molecule has 5 nitrogen and oxygen atoms in total. The highest BCUT2D eigenvalue weighted by Gasteiger charge is 2.23. The zero-order valence-corrected chi connectivity index (χ0v) is 14.5. The Morgan fingerprint density at radius 2 is 2.00 bits per heavy atom. The van der Waals surface area contributed by atoms with Crippen molar-refractivity contribution in [1.82, 2.24) is 0 Å². The number of hydrogen-bond acceptors (Lipinski definition) is 5. The van der Waals surface area contributed by atoms with Crippen LogP contribution in [0.1, 0.15) is 28.8 Å². The molecule has 2 aromatic rings. The topological polar surface area (TPSA) is 87.0 Å². The predicted molar refractivity (Wildman–Crippen MR) is 92.8 cm³/mol. The molecule has 1 aromatic carbocycles. The summed E-state index contributed by atoms with van der Waals surface area (Å²) in [6.45, 7) is 0. The summed E-state index contributed by atoms with van der Waals surface area (Å²) >= 11 is 1.43. The zero-order chi connectivity index (χ0) is 17.2. The monoisotopic (exact) mass is 360 g/mol. The van der Waals surface area contributed by atoms with Gasteiger partial charge in [0.2, 0.25) is 5.91 Å². The third-order valence-corrected chi connectivity index (χ3v) is 6.93. The van der Waals surface area contributed by atoms with E-state index in [2.05, 4.69) is 11.4 Å². The zero-order valence-electron chi connectivity index (χ0n) is 12.9. The van der Waals surface area contributed by atoms with E-state index >= 15 is 0 Å². The van der Waals surface area contributed by atoms with Crippen LogP contribution in [0.3, 0.4) is 0 Å². The van der Waals surface area contributed by atoms with Gasteiger partial charge in [-0.2, -0.15) is 5.26 Å². The lowest BCUT2D eigenvalue weighted by Crippen LogP contribution is -2.17. The second-order valence-corrected chi connectivity index (χ2v) is 8.82. The molecule has 1 heterocycles. The number of nitrogens with zero attached hydrogens (tertiary/aromatic N) is 1. The van der Waals surface area contributed by atoms with Crippen molar-refractivity contribution in [2.75, 3.05) is 11.1 Å². The number of nitriles is 1. The van der Waals surface area contributed by atoms with Gasteiger partial charge >= 0.3 is 0 Å². The number of benzene rings is 1. The van der Waals surface area contributed by atoms with Crippen LogP contribution in [0.5, 0.6) is 0 Å². The lowest BCUT2D eigenvalue weighted by Gasteiger charge is -2.06. The van der Waals surface area contributed by atoms with Gasteiger partial charge in [0.1, 0.15) is 11.1 Å². The third-order valence-electron chi connectivity index (χ3n) is 3.99. The first-order valence-corrected chi connectivity index (χ1v) is 10.1. The molecule has 24 heavy (non-hydrogen) atoms. The summed E-state index contributed by atoms with van der Waals surface area (Å²) in [6, 6.07) is 10.2. The first-order chi connectivity index (χ1) is 11.5. The fourth-order valence-electron chi connectivity index (χ4n) is 2.77. The number of nitrogens with one attached hydrogen (secondary N) is 1. The van der Waals surface area contributed by atoms with E-state index in [4.69, 9.17) is 0 Å².